The predicted octanol–water partition coefficient (Wildman–Crippen LogP) is 5.09. The van der Waals surface area contributed by atoms with Crippen LogP contribution in [0.5, 0.6) is 0 Å². The fourth-order valence-electron chi connectivity index (χ4n) is 3.13. The van der Waals surface area contributed by atoms with E-state index in [2.05, 4.69) is 12.2 Å². The molecule has 0 saturated heterocycles. The van der Waals surface area contributed by atoms with E-state index in [9.17, 15) is 19.2 Å². The van der Waals surface area contributed by atoms with Gasteiger partial charge in [-0.05, 0) is 37.6 Å². The summed E-state index contributed by atoms with van der Waals surface area (Å²) in [5.41, 5.74) is 6.17. The average molecular weight is 541 g/mol. The van der Waals surface area contributed by atoms with Gasteiger partial charge in [-0.2, -0.15) is 0 Å². The zero-order chi connectivity index (χ0) is 29.2. The second-order valence-corrected chi connectivity index (χ2v) is 9.07. The number of carbonyl (C=O) groups excluding carboxylic acids is 1. The highest BCUT2D eigenvalue weighted by atomic mass is 16.4. The van der Waals surface area contributed by atoms with Gasteiger partial charge in [0, 0.05) is 18.7 Å². The third-order valence-corrected chi connectivity index (χ3v) is 5.43. The summed E-state index contributed by atoms with van der Waals surface area (Å²) in [6.45, 7) is 4.12. The van der Waals surface area contributed by atoms with Crippen LogP contribution in [0.25, 0.3) is 0 Å². The second kappa shape index (κ2) is 25.5. The van der Waals surface area contributed by atoms with E-state index >= 15 is 0 Å². The van der Waals surface area contributed by atoms with Gasteiger partial charge in [-0.25, -0.2) is 9.59 Å². The van der Waals surface area contributed by atoms with Crippen LogP contribution in [0.15, 0.2) is 24.3 Å². The molecule has 0 aliphatic carbocycles. The molecule has 0 aliphatic heterocycles. The van der Waals surface area contributed by atoms with Crippen molar-refractivity contribution in [2.24, 2.45) is 0 Å². The number of hydrogen-bond acceptors (Lipinski definition) is 6. The van der Waals surface area contributed by atoms with E-state index in [4.69, 9.17) is 26.2 Å². The van der Waals surface area contributed by atoms with Crippen molar-refractivity contribution in [3.8, 4) is 0 Å². The Bertz CT molecular complexity index is 767. The Balaban J connectivity index is 0. The number of nitrogens with one attached hydrogen (secondary N) is 1. The number of carbonyl (C=O) groups is 4. The van der Waals surface area contributed by atoms with Crippen molar-refractivity contribution in [3.05, 3.63) is 29.8 Å². The zero-order valence-electron chi connectivity index (χ0n) is 23.0. The summed E-state index contributed by atoms with van der Waals surface area (Å²) < 4.78 is 0. The molecule has 218 valence electrons. The van der Waals surface area contributed by atoms with Crippen molar-refractivity contribution in [1.29, 1.82) is 0 Å². The molecule has 1 atom stereocenters. The van der Waals surface area contributed by atoms with Gasteiger partial charge in [-0.15, -0.1) is 0 Å². The van der Waals surface area contributed by atoms with Crippen molar-refractivity contribution in [2.75, 3.05) is 12.3 Å². The summed E-state index contributed by atoms with van der Waals surface area (Å²) in [7, 11) is 0. The van der Waals surface area contributed by atoms with Crippen molar-refractivity contribution in [3.63, 3.8) is 0 Å². The Labute approximate surface area is 226 Å². The minimum atomic E-state index is -1.23. The van der Waals surface area contributed by atoms with Crippen molar-refractivity contribution >= 4 is 29.5 Å². The number of aliphatic hydroxyl groups is 1. The maximum atomic E-state index is 11.3. The molecule has 0 bridgehead atoms. The zero-order valence-corrected chi connectivity index (χ0v) is 23.0. The number of nitrogens with two attached hydrogens (primary N) is 1. The fourth-order valence-corrected chi connectivity index (χ4v) is 3.13. The van der Waals surface area contributed by atoms with Gasteiger partial charge in [0.25, 0.3) is 0 Å². The summed E-state index contributed by atoms with van der Waals surface area (Å²) in [6.07, 6.45) is 14.4. The Kier molecular flexibility index (Phi) is 24.8. The first-order valence-corrected chi connectivity index (χ1v) is 13.5. The van der Waals surface area contributed by atoms with Crippen LogP contribution in [-0.4, -0.2) is 56.9 Å². The quantitative estimate of drug-likeness (QED) is 0.109. The first-order valence-electron chi connectivity index (χ1n) is 13.5. The highest BCUT2D eigenvalue weighted by Gasteiger charge is 2.04. The molecule has 0 aliphatic rings. The maximum absolute atomic E-state index is 11.3. The lowest BCUT2D eigenvalue weighted by Crippen LogP contribution is -2.24. The van der Waals surface area contributed by atoms with Crippen LogP contribution in [0, 0.1) is 0 Å². The molecule has 7 N–H and O–H groups in total. The molecule has 1 aromatic carbocycles. The van der Waals surface area contributed by atoms with Crippen LogP contribution >= 0.6 is 0 Å². The smallest absolute Gasteiger partial charge is 0.335 e. The Hall–Kier alpha value is -3.14. The van der Waals surface area contributed by atoms with Crippen molar-refractivity contribution < 1.29 is 39.6 Å². The SMILES string of the molecule is CC(O)C(=O)O.CCCCCCCCCCCCCCNC(=O)CCC(=O)O.Nc1ccc(C(=O)O)cc1. The van der Waals surface area contributed by atoms with Gasteiger partial charge in [0.15, 0.2) is 0 Å². The number of amides is 1. The standard InChI is InChI=1S/C18H35NO3.C7H7NO2.C3H6O3/c1-2-3-4-5-6-7-8-9-10-11-12-13-16-19-17(20)14-15-18(21)22;8-6-3-1-5(2-4-6)7(9)10;1-2(4)3(5)6/h2-16H2,1H3,(H,19,20)(H,21,22);1-4H,8H2,(H,9,10);2,4H,1H3,(H,5,6). The van der Waals surface area contributed by atoms with Crippen LogP contribution in [-0.2, 0) is 14.4 Å². The van der Waals surface area contributed by atoms with E-state index in [1.54, 1.807) is 12.1 Å². The van der Waals surface area contributed by atoms with Gasteiger partial charge in [-0.1, -0.05) is 77.6 Å². The fraction of sp³-hybridized carbons (Fsp3) is 0.643. The van der Waals surface area contributed by atoms with Crippen LogP contribution < -0.4 is 11.1 Å². The minimum absolute atomic E-state index is 0.0791. The number of carboxylic acid groups (broad SMARTS) is 3. The lowest BCUT2D eigenvalue weighted by Gasteiger charge is -2.05. The summed E-state index contributed by atoms with van der Waals surface area (Å²) in [4.78, 5) is 41.3. The minimum Gasteiger partial charge on any atom is -0.481 e. The molecule has 0 radical (unpaired) electrons. The molecular weight excluding hydrogens is 492 g/mol. The number of aliphatic hydroxyl groups excluding tert-OH is 1. The number of nitrogen functional groups attached to an aromatic ring is 1. The molecule has 10 nitrogen and oxygen atoms in total. The van der Waals surface area contributed by atoms with E-state index < -0.39 is 24.0 Å². The van der Waals surface area contributed by atoms with Crippen molar-refractivity contribution in [1.82, 2.24) is 5.32 Å². The molecule has 0 saturated carbocycles. The number of benzene rings is 1. The molecule has 1 amide bonds. The molecule has 0 spiro atoms. The predicted molar refractivity (Wildman–Crippen MR) is 148 cm³/mol. The highest BCUT2D eigenvalue weighted by Crippen LogP contribution is 2.11. The number of rotatable bonds is 18. The average Bonchev–Trinajstić information content (AvgIpc) is 2.86. The lowest BCUT2D eigenvalue weighted by molar-refractivity contribution is -0.145. The van der Waals surface area contributed by atoms with E-state index in [0.29, 0.717) is 12.2 Å². The van der Waals surface area contributed by atoms with Crippen LogP contribution in [0.2, 0.25) is 0 Å². The topological polar surface area (TPSA) is 187 Å². The number of aliphatic carboxylic acids is 2. The molecule has 0 fully saturated rings. The maximum Gasteiger partial charge on any atom is 0.335 e. The van der Waals surface area contributed by atoms with Gasteiger partial charge in [0.2, 0.25) is 5.91 Å². The summed E-state index contributed by atoms with van der Waals surface area (Å²) in [5.74, 6) is -3.18. The molecular formula is C28H48N2O8. The van der Waals surface area contributed by atoms with Crippen molar-refractivity contribution in [2.45, 2.75) is 110 Å². The normalized spacial score (nSPS) is 10.7. The Morgan fingerprint density at radius 1 is 0.763 bits per heavy atom. The number of carboxylic acids is 3. The van der Waals surface area contributed by atoms with Crippen LogP contribution in [0.4, 0.5) is 5.69 Å². The van der Waals surface area contributed by atoms with Gasteiger partial charge in [-0.3, -0.25) is 9.59 Å². The third kappa shape index (κ3) is 27.4. The van der Waals surface area contributed by atoms with E-state index in [1.165, 1.54) is 83.3 Å². The number of hydrogen-bond donors (Lipinski definition) is 6. The van der Waals surface area contributed by atoms with Gasteiger partial charge < -0.3 is 31.5 Å². The van der Waals surface area contributed by atoms with E-state index in [-0.39, 0.29) is 24.3 Å². The van der Waals surface area contributed by atoms with E-state index in [0.717, 1.165) is 12.8 Å². The first-order chi connectivity index (χ1) is 18.0. The lowest BCUT2D eigenvalue weighted by atomic mass is 10.1. The highest BCUT2D eigenvalue weighted by molar-refractivity contribution is 5.87. The van der Waals surface area contributed by atoms with E-state index in [1.807, 2.05) is 0 Å². The number of unbranched alkanes of at least 4 members (excludes halogenated alkanes) is 11. The van der Waals surface area contributed by atoms with Gasteiger partial charge >= 0.3 is 17.9 Å². The van der Waals surface area contributed by atoms with Crippen LogP contribution in [0.3, 0.4) is 0 Å². The second-order valence-electron chi connectivity index (χ2n) is 9.07. The Morgan fingerprint density at radius 2 is 1.18 bits per heavy atom. The number of aromatic carboxylic acids is 1. The third-order valence-electron chi connectivity index (χ3n) is 5.43. The number of anilines is 1. The molecule has 1 rings (SSSR count). The molecule has 10 heteroatoms. The first kappa shape index (κ1) is 37.0. The molecule has 0 aromatic heterocycles. The van der Waals surface area contributed by atoms with Gasteiger partial charge in [0.05, 0.1) is 12.0 Å². The summed E-state index contributed by atoms with van der Waals surface area (Å²) >= 11 is 0. The van der Waals surface area contributed by atoms with Gasteiger partial charge in [0.1, 0.15) is 6.10 Å². The monoisotopic (exact) mass is 540 g/mol. The molecule has 1 aromatic rings. The molecule has 0 heterocycles. The molecule has 1 unspecified atom stereocenters. The molecule has 38 heavy (non-hydrogen) atoms. The Morgan fingerprint density at radius 3 is 1.55 bits per heavy atom. The summed E-state index contributed by atoms with van der Waals surface area (Å²) in [5, 5.41) is 35.4. The summed E-state index contributed by atoms with van der Waals surface area (Å²) in [6, 6.07) is 6.06. The van der Waals surface area contributed by atoms with Crippen LogP contribution in [0.1, 0.15) is 114 Å². The largest absolute Gasteiger partial charge is 0.481 e.